The van der Waals surface area contributed by atoms with Gasteiger partial charge in [-0.1, -0.05) is 54.5 Å². The van der Waals surface area contributed by atoms with E-state index in [0.29, 0.717) is 13.0 Å². The summed E-state index contributed by atoms with van der Waals surface area (Å²) in [6.07, 6.45) is 1.47. The fourth-order valence-electron chi connectivity index (χ4n) is 5.06. The summed E-state index contributed by atoms with van der Waals surface area (Å²) in [6.45, 7) is 19.6. The predicted molar refractivity (Wildman–Crippen MR) is 102 cm³/mol. The number of esters is 1. The lowest BCUT2D eigenvalue weighted by atomic mass is 9.81. The molecule has 6 heteroatoms. The fourth-order valence-corrected chi connectivity index (χ4v) is 10.0. The standard InChI is InChI=1S/C20H34O5Si/c1-9-12(2)16-13-10-15(21)24-17(13)18-14(23-16)11-22-26(25-18,19(3,4)5)20(6,7)8/h9,12-14,16-18H,1,10-11H2,2-8H3/t12?,13-,14-,16-,17-,18-/m1/s1. The van der Waals surface area contributed by atoms with Crippen LogP contribution >= 0.6 is 0 Å². The van der Waals surface area contributed by atoms with E-state index in [9.17, 15) is 4.79 Å². The molecule has 6 atom stereocenters. The van der Waals surface area contributed by atoms with Crippen molar-refractivity contribution in [3.05, 3.63) is 12.7 Å². The molecular weight excluding hydrogens is 348 g/mol. The van der Waals surface area contributed by atoms with Crippen LogP contribution in [0.1, 0.15) is 54.9 Å². The molecular formula is C20H34O5Si. The number of hydrogen-bond acceptors (Lipinski definition) is 5. The Morgan fingerprint density at radius 1 is 1.15 bits per heavy atom. The molecule has 5 nitrogen and oxygen atoms in total. The van der Waals surface area contributed by atoms with E-state index in [1.165, 1.54) is 0 Å². The molecule has 26 heavy (non-hydrogen) atoms. The molecule has 0 N–H and O–H groups in total. The number of rotatable bonds is 2. The fraction of sp³-hybridized carbons (Fsp3) is 0.850. The van der Waals surface area contributed by atoms with Gasteiger partial charge in [-0.25, -0.2) is 0 Å². The van der Waals surface area contributed by atoms with Crippen LogP contribution < -0.4 is 0 Å². The van der Waals surface area contributed by atoms with Crippen LogP contribution in [0.4, 0.5) is 0 Å². The van der Waals surface area contributed by atoms with E-state index in [-0.39, 0.29) is 52.3 Å². The lowest BCUT2D eigenvalue weighted by molar-refractivity contribution is -0.223. The van der Waals surface area contributed by atoms with Crippen molar-refractivity contribution in [2.45, 2.75) is 89.4 Å². The van der Waals surface area contributed by atoms with Gasteiger partial charge in [0.1, 0.15) is 18.3 Å². The highest BCUT2D eigenvalue weighted by molar-refractivity contribution is 6.73. The number of ether oxygens (including phenoxy) is 2. The first-order valence-corrected chi connectivity index (χ1v) is 11.5. The Morgan fingerprint density at radius 3 is 2.31 bits per heavy atom. The summed E-state index contributed by atoms with van der Waals surface area (Å²) < 4.78 is 25.5. The third kappa shape index (κ3) is 2.99. The van der Waals surface area contributed by atoms with Crippen LogP contribution in [0.5, 0.6) is 0 Å². The molecule has 0 aromatic carbocycles. The second-order valence-electron chi connectivity index (χ2n) is 10.1. The quantitative estimate of drug-likeness (QED) is 0.411. The van der Waals surface area contributed by atoms with Crippen molar-refractivity contribution in [1.29, 1.82) is 0 Å². The van der Waals surface area contributed by atoms with Gasteiger partial charge in [0.2, 0.25) is 0 Å². The predicted octanol–water partition coefficient (Wildman–Crippen LogP) is 3.97. The summed E-state index contributed by atoms with van der Waals surface area (Å²) in [4.78, 5) is 12.1. The van der Waals surface area contributed by atoms with Gasteiger partial charge in [0.05, 0.1) is 19.1 Å². The second-order valence-corrected chi connectivity index (χ2v) is 14.8. The van der Waals surface area contributed by atoms with Crippen molar-refractivity contribution in [3.8, 4) is 0 Å². The van der Waals surface area contributed by atoms with Crippen LogP contribution in [0.25, 0.3) is 0 Å². The molecule has 0 aliphatic carbocycles. The first-order valence-electron chi connectivity index (χ1n) is 9.70. The maximum absolute atomic E-state index is 12.1. The summed E-state index contributed by atoms with van der Waals surface area (Å²) >= 11 is 0. The lowest BCUT2D eigenvalue weighted by Crippen LogP contribution is -2.70. The van der Waals surface area contributed by atoms with Gasteiger partial charge in [0.15, 0.2) is 0 Å². The smallest absolute Gasteiger partial charge is 0.349 e. The second kappa shape index (κ2) is 6.43. The minimum absolute atomic E-state index is 0.0153. The van der Waals surface area contributed by atoms with Gasteiger partial charge in [-0.2, -0.15) is 0 Å². The Labute approximate surface area is 158 Å². The van der Waals surface area contributed by atoms with Crippen LogP contribution in [-0.2, 0) is 23.1 Å². The van der Waals surface area contributed by atoms with E-state index in [4.69, 9.17) is 18.3 Å². The Kier molecular flexibility index (Phi) is 4.96. The molecule has 0 radical (unpaired) electrons. The zero-order valence-corrected chi connectivity index (χ0v) is 18.2. The molecule has 3 fully saturated rings. The van der Waals surface area contributed by atoms with E-state index in [1.807, 2.05) is 6.08 Å². The van der Waals surface area contributed by atoms with E-state index in [1.54, 1.807) is 0 Å². The van der Waals surface area contributed by atoms with Crippen molar-refractivity contribution in [1.82, 2.24) is 0 Å². The van der Waals surface area contributed by atoms with Crippen LogP contribution in [0.15, 0.2) is 12.7 Å². The van der Waals surface area contributed by atoms with Crippen molar-refractivity contribution in [3.63, 3.8) is 0 Å². The van der Waals surface area contributed by atoms with Crippen LogP contribution in [0.2, 0.25) is 10.1 Å². The highest BCUT2D eigenvalue weighted by Gasteiger charge is 2.66. The van der Waals surface area contributed by atoms with Crippen LogP contribution in [0, 0.1) is 11.8 Å². The zero-order valence-electron chi connectivity index (χ0n) is 17.2. The molecule has 0 spiro atoms. The third-order valence-electron chi connectivity index (χ3n) is 6.15. The molecule has 0 saturated carbocycles. The Hall–Kier alpha value is -0.693. The molecule has 0 bridgehead atoms. The monoisotopic (exact) mass is 382 g/mol. The topological polar surface area (TPSA) is 54.0 Å². The molecule has 0 aromatic rings. The van der Waals surface area contributed by atoms with E-state index in [2.05, 4.69) is 55.0 Å². The highest BCUT2D eigenvalue weighted by Crippen LogP contribution is 2.56. The molecule has 0 aromatic heterocycles. The lowest BCUT2D eigenvalue weighted by Gasteiger charge is -2.57. The summed E-state index contributed by atoms with van der Waals surface area (Å²) in [7, 11) is -2.62. The SMILES string of the molecule is C=CC(C)[C@H]1O[C@@H]2CO[Si](C(C)(C)C)(C(C)(C)C)O[C@H]2[C@@H]2OC(=O)C[C@@H]21. The van der Waals surface area contributed by atoms with Gasteiger partial charge in [-0.15, -0.1) is 6.58 Å². The molecule has 3 rings (SSSR count). The Balaban J connectivity index is 1.95. The highest BCUT2D eigenvalue weighted by atomic mass is 28.4. The first kappa shape index (κ1) is 20.1. The van der Waals surface area contributed by atoms with Gasteiger partial charge >= 0.3 is 14.5 Å². The number of hydrogen-bond donors (Lipinski definition) is 0. The third-order valence-corrected chi connectivity index (χ3v) is 11.3. The maximum Gasteiger partial charge on any atom is 0.349 e. The summed E-state index contributed by atoms with van der Waals surface area (Å²) in [5.41, 5.74) is 0. The zero-order chi connectivity index (χ0) is 19.5. The largest absolute Gasteiger partial charge is 0.459 e. The molecule has 0 amide bonds. The van der Waals surface area contributed by atoms with E-state index >= 15 is 0 Å². The number of fused-ring (bicyclic) bond motifs is 3. The Morgan fingerprint density at radius 2 is 1.77 bits per heavy atom. The molecule has 3 saturated heterocycles. The minimum Gasteiger partial charge on any atom is -0.459 e. The maximum atomic E-state index is 12.1. The normalized spacial score (nSPS) is 38.1. The van der Waals surface area contributed by atoms with Crippen molar-refractivity contribution in [2.75, 3.05) is 6.61 Å². The first-order chi connectivity index (χ1) is 11.9. The van der Waals surface area contributed by atoms with Crippen molar-refractivity contribution >= 4 is 14.5 Å². The average Bonchev–Trinajstić information content (AvgIpc) is 2.92. The van der Waals surface area contributed by atoms with Crippen LogP contribution in [-0.4, -0.2) is 45.6 Å². The van der Waals surface area contributed by atoms with Crippen LogP contribution in [0.3, 0.4) is 0 Å². The van der Waals surface area contributed by atoms with Crippen molar-refractivity contribution in [2.24, 2.45) is 11.8 Å². The van der Waals surface area contributed by atoms with Gasteiger partial charge in [0, 0.05) is 21.9 Å². The molecule has 3 aliphatic rings. The summed E-state index contributed by atoms with van der Waals surface area (Å²) in [6, 6.07) is 0. The molecule has 3 aliphatic heterocycles. The molecule has 1 unspecified atom stereocenters. The van der Waals surface area contributed by atoms with E-state index < -0.39 is 8.56 Å². The number of carbonyl (C=O) groups excluding carboxylic acids is 1. The molecule has 148 valence electrons. The van der Waals surface area contributed by atoms with Gasteiger partial charge in [-0.3, -0.25) is 4.79 Å². The van der Waals surface area contributed by atoms with Gasteiger partial charge in [0.25, 0.3) is 0 Å². The number of carbonyl (C=O) groups is 1. The Bertz CT molecular complexity index is 562. The summed E-state index contributed by atoms with van der Waals surface area (Å²) in [5, 5.41) is -0.223. The minimum atomic E-state index is -2.62. The molecule has 3 heterocycles. The van der Waals surface area contributed by atoms with Gasteiger partial charge < -0.3 is 18.3 Å². The van der Waals surface area contributed by atoms with Crippen molar-refractivity contribution < 1.29 is 23.1 Å². The van der Waals surface area contributed by atoms with E-state index in [0.717, 1.165) is 0 Å². The summed E-state index contributed by atoms with van der Waals surface area (Å²) in [5.74, 6) is 0.00739. The van der Waals surface area contributed by atoms with Gasteiger partial charge in [-0.05, 0) is 0 Å². The average molecular weight is 383 g/mol.